The number of hydrogen-bond acceptors (Lipinski definition) is 2. The average Bonchev–Trinajstić information content (AvgIpc) is 2.66. The molecular formula is C13H25NO. The van der Waals surface area contributed by atoms with Crippen molar-refractivity contribution in [3.8, 4) is 0 Å². The van der Waals surface area contributed by atoms with Gasteiger partial charge in [0.2, 0.25) is 0 Å². The van der Waals surface area contributed by atoms with Gasteiger partial charge in [0, 0.05) is 12.6 Å². The van der Waals surface area contributed by atoms with Crippen LogP contribution < -0.4 is 0 Å². The number of hydrogen-bond donors (Lipinski definition) is 1. The van der Waals surface area contributed by atoms with E-state index in [1.54, 1.807) is 0 Å². The third-order valence-corrected chi connectivity index (χ3v) is 4.28. The number of rotatable bonds is 3. The molecule has 2 aliphatic carbocycles. The molecule has 2 nitrogen and oxygen atoms in total. The summed E-state index contributed by atoms with van der Waals surface area (Å²) in [6.45, 7) is 1.21. The van der Waals surface area contributed by atoms with Gasteiger partial charge in [-0.3, -0.25) is 0 Å². The van der Waals surface area contributed by atoms with Crippen LogP contribution in [0.15, 0.2) is 0 Å². The van der Waals surface area contributed by atoms with Crippen LogP contribution in [0.4, 0.5) is 0 Å². The lowest BCUT2D eigenvalue weighted by atomic mass is 9.88. The second-order valence-corrected chi connectivity index (χ2v) is 5.51. The SMILES string of the molecule is CN(CC1CCCCC1)C1CCCC1O. The maximum atomic E-state index is 9.85. The van der Waals surface area contributed by atoms with Gasteiger partial charge in [0.05, 0.1) is 6.10 Å². The van der Waals surface area contributed by atoms with Crippen LogP contribution in [0.25, 0.3) is 0 Å². The maximum absolute atomic E-state index is 9.85. The molecule has 0 radical (unpaired) electrons. The fourth-order valence-corrected chi connectivity index (χ4v) is 3.35. The first-order valence-corrected chi connectivity index (χ1v) is 6.65. The predicted molar refractivity (Wildman–Crippen MR) is 62.9 cm³/mol. The third-order valence-electron chi connectivity index (χ3n) is 4.28. The van der Waals surface area contributed by atoms with Crippen molar-refractivity contribution in [3.05, 3.63) is 0 Å². The predicted octanol–water partition coefficient (Wildman–Crippen LogP) is 2.41. The van der Waals surface area contributed by atoms with Crippen LogP contribution in [-0.4, -0.2) is 35.7 Å². The lowest BCUT2D eigenvalue weighted by Crippen LogP contribution is -2.40. The Bertz CT molecular complexity index is 189. The molecule has 2 heteroatoms. The molecule has 0 saturated heterocycles. The van der Waals surface area contributed by atoms with Crippen molar-refractivity contribution in [1.29, 1.82) is 0 Å². The van der Waals surface area contributed by atoms with Crippen molar-refractivity contribution in [2.24, 2.45) is 5.92 Å². The van der Waals surface area contributed by atoms with Crippen LogP contribution in [-0.2, 0) is 0 Å². The zero-order chi connectivity index (χ0) is 10.7. The molecule has 2 fully saturated rings. The Morgan fingerprint density at radius 1 is 1.00 bits per heavy atom. The third kappa shape index (κ3) is 2.94. The van der Waals surface area contributed by atoms with Crippen LogP contribution in [0.5, 0.6) is 0 Å². The van der Waals surface area contributed by atoms with Gasteiger partial charge in [0.1, 0.15) is 0 Å². The van der Waals surface area contributed by atoms with Crippen molar-refractivity contribution in [2.75, 3.05) is 13.6 Å². The first-order valence-electron chi connectivity index (χ1n) is 6.65. The Balaban J connectivity index is 1.77. The smallest absolute Gasteiger partial charge is 0.0695 e. The highest BCUT2D eigenvalue weighted by atomic mass is 16.3. The van der Waals surface area contributed by atoms with E-state index < -0.39 is 0 Å². The van der Waals surface area contributed by atoms with E-state index in [1.165, 1.54) is 51.5 Å². The summed E-state index contributed by atoms with van der Waals surface area (Å²) in [6, 6.07) is 0.451. The largest absolute Gasteiger partial charge is 0.391 e. The molecular weight excluding hydrogens is 186 g/mol. The molecule has 1 N–H and O–H groups in total. The summed E-state index contributed by atoms with van der Waals surface area (Å²) >= 11 is 0. The zero-order valence-electron chi connectivity index (χ0n) is 9.99. The van der Waals surface area contributed by atoms with Gasteiger partial charge < -0.3 is 10.0 Å². The van der Waals surface area contributed by atoms with Gasteiger partial charge >= 0.3 is 0 Å². The Kier molecular flexibility index (Phi) is 4.04. The van der Waals surface area contributed by atoms with E-state index in [0.717, 1.165) is 12.3 Å². The molecule has 0 aliphatic heterocycles. The first kappa shape index (κ1) is 11.4. The van der Waals surface area contributed by atoms with E-state index in [0.29, 0.717) is 6.04 Å². The molecule has 0 spiro atoms. The first-order chi connectivity index (χ1) is 7.27. The second kappa shape index (κ2) is 5.31. The number of nitrogens with zero attached hydrogens (tertiary/aromatic N) is 1. The highest BCUT2D eigenvalue weighted by molar-refractivity contribution is 4.84. The van der Waals surface area contributed by atoms with E-state index in [-0.39, 0.29) is 6.10 Å². The summed E-state index contributed by atoms with van der Waals surface area (Å²) in [7, 11) is 2.20. The van der Waals surface area contributed by atoms with Crippen molar-refractivity contribution < 1.29 is 5.11 Å². The Morgan fingerprint density at radius 2 is 1.73 bits per heavy atom. The Labute approximate surface area is 93.7 Å². The fourth-order valence-electron chi connectivity index (χ4n) is 3.35. The van der Waals surface area contributed by atoms with E-state index in [2.05, 4.69) is 11.9 Å². The van der Waals surface area contributed by atoms with Crippen LogP contribution in [0.1, 0.15) is 51.4 Å². The quantitative estimate of drug-likeness (QED) is 0.775. The lowest BCUT2D eigenvalue weighted by molar-refractivity contribution is 0.0729. The van der Waals surface area contributed by atoms with Gasteiger partial charge in [-0.2, -0.15) is 0 Å². The molecule has 0 heterocycles. The topological polar surface area (TPSA) is 23.5 Å². The lowest BCUT2D eigenvalue weighted by Gasteiger charge is -2.32. The summed E-state index contributed by atoms with van der Waals surface area (Å²) in [6.07, 6.45) is 10.5. The maximum Gasteiger partial charge on any atom is 0.0695 e. The monoisotopic (exact) mass is 211 g/mol. The minimum atomic E-state index is -0.0569. The summed E-state index contributed by atoms with van der Waals surface area (Å²) in [5, 5.41) is 9.85. The van der Waals surface area contributed by atoms with Gasteiger partial charge in [-0.25, -0.2) is 0 Å². The summed E-state index contributed by atoms with van der Waals surface area (Å²) in [5.74, 6) is 0.900. The van der Waals surface area contributed by atoms with E-state index in [1.807, 2.05) is 0 Å². The molecule has 88 valence electrons. The number of aliphatic hydroxyl groups is 1. The van der Waals surface area contributed by atoms with Gasteiger partial charge in [0.15, 0.2) is 0 Å². The molecule has 2 unspecified atom stereocenters. The molecule has 0 aromatic heterocycles. The highest BCUT2D eigenvalue weighted by Gasteiger charge is 2.29. The van der Waals surface area contributed by atoms with E-state index >= 15 is 0 Å². The van der Waals surface area contributed by atoms with Crippen LogP contribution >= 0.6 is 0 Å². The zero-order valence-corrected chi connectivity index (χ0v) is 9.99. The molecule has 2 saturated carbocycles. The Morgan fingerprint density at radius 3 is 2.33 bits per heavy atom. The van der Waals surface area contributed by atoms with E-state index in [4.69, 9.17) is 0 Å². The minimum absolute atomic E-state index is 0.0569. The molecule has 0 amide bonds. The fraction of sp³-hybridized carbons (Fsp3) is 1.00. The number of likely N-dealkylation sites (N-methyl/N-ethyl adjacent to an activating group) is 1. The van der Waals surface area contributed by atoms with Crippen LogP contribution in [0.3, 0.4) is 0 Å². The summed E-state index contributed by atoms with van der Waals surface area (Å²) in [4.78, 5) is 2.42. The van der Waals surface area contributed by atoms with Gasteiger partial charge in [0.25, 0.3) is 0 Å². The highest BCUT2D eigenvalue weighted by Crippen LogP contribution is 2.28. The molecule has 0 bridgehead atoms. The van der Waals surface area contributed by atoms with Crippen molar-refractivity contribution in [1.82, 2.24) is 4.90 Å². The minimum Gasteiger partial charge on any atom is -0.391 e. The summed E-state index contributed by atoms with van der Waals surface area (Å²) < 4.78 is 0. The van der Waals surface area contributed by atoms with Gasteiger partial charge in [-0.1, -0.05) is 19.3 Å². The van der Waals surface area contributed by atoms with Crippen LogP contribution in [0, 0.1) is 5.92 Å². The molecule has 0 aromatic carbocycles. The number of aliphatic hydroxyl groups excluding tert-OH is 1. The molecule has 15 heavy (non-hydrogen) atoms. The molecule has 0 aromatic rings. The van der Waals surface area contributed by atoms with Gasteiger partial charge in [-0.05, 0) is 45.1 Å². The summed E-state index contributed by atoms with van der Waals surface area (Å²) in [5.41, 5.74) is 0. The Hall–Kier alpha value is -0.0800. The van der Waals surface area contributed by atoms with Crippen molar-refractivity contribution in [3.63, 3.8) is 0 Å². The standard InChI is InChI=1S/C13H25NO/c1-14(12-8-5-9-13(12)15)10-11-6-3-2-4-7-11/h11-13,15H,2-10H2,1H3. The normalized spacial score (nSPS) is 33.8. The van der Waals surface area contributed by atoms with Gasteiger partial charge in [-0.15, -0.1) is 0 Å². The average molecular weight is 211 g/mol. The molecule has 2 atom stereocenters. The second-order valence-electron chi connectivity index (χ2n) is 5.51. The van der Waals surface area contributed by atoms with Crippen LogP contribution in [0.2, 0.25) is 0 Å². The molecule has 2 rings (SSSR count). The van der Waals surface area contributed by atoms with E-state index in [9.17, 15) is 5.11 Å². The van der Waals surface area contributed by atoms with Crippen molar-refractivity contribution in [2.45, 2.75) is 63.5 Å². The van der Waals surface area contributed by atoms with Crippen molar-refractivity contribution >= 4 is 0 Å². The molecule has 2 aliphatic rings.